The highest BCUT2D eigenvalue weighted by atomic mass is 35.5. The van der Waals surface area contributed by atoms with Gasteiger partial charge < -0.3 is 14.9 Å². The van der Waals surface area contributed by atoms with E-state index in [1.165, 1.54) is 12.1 Å². The number of hydrogen-bond donors (Lipinski definition) is 1. The van der Waals surface area contributed by atoms with Crippen LogP contribution in [0, 0.1) is 0 Å². The van der Waals surface area contributed by atoms with Crippen molar-refractivity contribution in [2.45, 2.75) is 18.3 Å². The Morgan fingerprint density at radius 3 is 2.33 bits per heavy atom. The van der Waals surface area contributed by atoms with Gasteiger partial charge in [0.05, 0.1) is 28.1 Å². The van der Waals surface area contributed by atoms with Crippen molar-refractivity contribution in [3.63, 3.8) is 0 Å². The summed E-state index contributed by atoms with van der Waals surface area (Å²) in [5.74, 6) is -1.29. The fraction of sp³-hybridized carbons (Fsp3) is 0.375. The number of hydrogen-bond acceptors (Lipinski definition) is 6. The molecule has 190 valence electrons. The summed E-state index contributed by atoms with van der Waals surface area (Å²) >= 11 is 12.2. The number of alkyl halides is 3. The molecule has 0 aliphatic carbocycles. The van der Waals surface area contributed by atoms with Gasteiger partial charge in [-0.25, -0.2) is 9.97 Å². The summed E-state index contributed by atoms with van der Waals surface area (Å²) in [5.41, 5.74) is 0.639. The van der Waals surface area contributed by atoms with Gasteiger partial charge >= 0.3 is 6.18 Å². The summed E-state index contributed by atoms with van der Waals surface area (Å²) in [6.45, 7) is 2.34. The summed E-state index contributed by atoms with van der Waals surface area (Å²) < 4.78 is 40.5. The van der Waals surface area contributed by atoms with Gasteiger partial charge in [0.15, 0.2) is 0 Å². The van der Waals surface area contributed by atoms with Gasteiger partial charge in [-0.1, -0.05) is 29.3 Å². The predicted octanol–water partition coefficient (Wildman–Crippen LogP) is 3.96. The van der Waals surface area contributed by atoms with Crippen LogP contribution in [0.25, 0.3) is 10.9 Å². The summed E-state index contributed by atoms with van der Waals surface area (Å²) in [6, 6.07) is 10.9. The minimum Gasteiger partial charge on any atom is -0.390 e. The number of fused-ring (bicyclic) bond motifs is 1. The fourth-order valence-corrected chi connectivity index (χ4v) is 5.19. The SMILES string of the molecule is O=C(c1ccc(Cl)cc1)N1CCN(C2CN(c3nc(C(F)(F)F)nc4cccc(Cl)c34)CC2O)CC1. The predicted molar refractivity (Wildman–Crippen MR) is 130 cm³/mol. The van der Waals surface area contributed by atoms with E-state index in [0.29, 0.717) is 42.2 Å². The molecule has 5 rings (SSSR count). The summed E-state index contributed by atoms with van der Waals surface area (Å²) in [6.07, 6.45) is -5.54. The van der Waals surface area contributed by atoms with Crippen molar-refractivity contribution in [3.8, 4) is 0 Å². The lowest BCUT2D eigenvalue weighted by Crippen LogP contribution is -2.54. The normalized spacial score (nSPS) is 21.4. The lowest BCUT2D eigenvalue weighted by molar-refractivity contribution is -0.144. The van der Waals surface area contributed by atoms with Gasteiger partial charge in [-0.2, -0.15) is 13.2 Å². The zero-order chi connectivity index (χ0) is 25.6. The number of aliphatic hydroxyl groups is 1. The molecule has 0 bridgehead atoms. The van der Waals surface area contributed by atoms with E-state index in [1.807, 2.05) is 0 Å². The van der Waals surface area contributed by atoms with Crippen molar-refractivity contribution >= 4 is 45.8 Å². The monoisotopic (exact) mass is 539 g/mol. The van der Waals surface area contributed by atoms with Crippen LogP contribution in [0.3, 0.4) is 0 Å². The molecule has 3 aromatic rings. The third-order valence-electron chi connectivity index (χ3n) is 6.63. The Bertz CT molecular complexity index is 1280. The minimum atomic E-state index is -4.73. The van der Waals surface area contributed by atoms with Crippen LogP contribution in [0.1, 0.15) is 16.2 Å². The Morgan fingerprint density at radius 1 is 0.972 bits per heavy atom. The molecule has 0 radical (unpaired) electrons. The van der Waals surface area contributed by atoms with Gasteiger partial charge in [0.1, 0.15) is 5.82 Å². The number of rotatable bonds is 3. The van der Waals surface area contributed by atoms with Crippen LogP contribution in [0.5, 0.6) is 0 Å². The van der Waals surface area contributed by atoms with Crippen LogP contribution in [-0.2, 0) is 6.18 Å². The lowest BCUT2D eigenvalue weighted by atomic mass is 10.1. The molecular weight excluding hydrogens is 518 g/mol. The summed E-state index contributed by atoms with van der Waals surface area (Å²) in [5, 5.41) is 12.0. The molecule has 1 aromatic heterocycles. The molecule has 12 heteroatoms. The van der Waals surface area contributed by atoms with Gasteiger partial charge in [0.2, 0.25) is 5.82 Å². The van der Waals surface area contributed by atoms with Crippen molar-refractivity contribution in [2.24, 2.45) is 0 Å². The molecule has 2 atom stereocenters. The van der Waals surface area contributed by atoms with E-state index in [2.05, 4.69) is 14.9 Å². The molecule has 2 aromatic carbocycles. The first-order valence-electron chi connectivity index (χ1n) is 11.4. The number of β-amino-alcohol motifs (C(OH)–C–C–N with tert-alkyl or cyclic N) is 1. The highest BCUT2D eigenvalue weighted by molar-refractivity contribution is 6.36. The molecule has 2 aliphatic heterocycles. The lowest BCUT2D eigenvalue weighted by Gasteiger charge is -2.38. The van der Waals surface area contributed by atoms with Crippen LogP contribution >= 0.6 is 23.2 Å². The first-order chi connectivity index (χ1) is 17.1. The average molecular weight is 540 g/mol. The van der Waals surface area contributed by atoms with Crippen LogP contribution in [-0.4, -0.2) is 82.2 Å². The molecule has 2 unspecified atom stereocenters. The van der Waals surface area contributed by atoms with Crippen molar-refractivity contribution in [1.29, 1.82) is 0 Å². The van der Waals surface area contributed by atoms with Crippen molar-refractivity contribution < 1.29 is 23.1 Å². The second-order valence-electron chi connectivity index (χ2n) is 8.88. The molecule has 2 aliphatic rings. The highest BCUT2D eigenvalue weighted by Gasteiger charge is 2.41. The van der Waals surface area contributed by atoms with Crippen LogP contribution in [0.4, 0.5) is 19.0 Å². The molecule has 0 spiro atoms. The van der Waals surface area contributed by atoms with E-state index in [1.54, 1.807) is 40.1 Å². The second kappa shape index (κ2) is 9.66. The van der Waals surface area contributed by atoms with Gasteiger partial charge in [0.25, 0.3) is 5.91 Å². The number of benzene rings is 2. The molecule has 3 heterocycles. The third-order valence-corrected chi connectivity index (χ3v) is 7.19. The van der Waals surface area contributed by atoms with E-state index in [9.17, 15) is 23.1 Å². The van der Waals surface area contributed by atoms with E-state index < -0.39 is 18.1 Å². The smallest absolute Gasteiger partial charge is 0.390 e. The van der Waals surface area contributed by atoms with Crippen LogP contribution in [0.15, 0.2) is 42.5 Å². The summed E-state index contributed by atoms with van der Waals surface area (Å²) in [7, 11) is 0. The number of halogens is 5. The van der Waals surface area contributed by atoms with Crippen LogP contribution < -0.4 is 4.90 Å². The zero-order valence-corrected chi connectivity index (χ0v) is 20.4. The Labute approximate surface area is 215 Å². The first-order valence-corrected chi connectivity index (χ1v) is 12.1. The molecule has 2 fully saturated rings. The van der Waals surface area contributed by atoms with Crippen LogP contribution in [0.2, 0.25) is 10.0 Å². The minimum absolute atomic E-state index is 0.0519. The maximum absolute atomic E-state index is 13.5. The standard InChI is InChI=1S/C24H22Cl2F3N5O2/c25-15-6-4-14(5-7-15)22(36)33-10-8-32(9-11-33)18-12-34(13-19(18)35)21-20-16(26)2-1-3-17(20)30-23(31-21)24(27,28)29/h1-7,18-19,35H,8-13H2. The van der Waals surface area contributed by atoms with Crippen molar-refractivity contribution in [2.75, 3.05) is 44.2 Å². The molecular formula is C24H22Cl2F3N5O2. The van der Waals surface area contributed by atoms with E-state index >= 15 is 0 Å². The number of aromatic nitrogens is 2. The van der Waals surface area contributed by atoms with Crippen molar-refractivity contribution in [3.05, 3.63) is 63.9 Å². The Balaban J connectivity index is 1.33. The molecule has 2 saturated heterocycles. The number of aliphatic hydroxyl groups excluding tert-OH is 1. The van der Waals surface area contributed by atoms with E-state index in [0.717, 1.165) is 0 Å². The number of carbonyl (C=O) groups is 1. The summed E-state index contributed by atoms with van der Waals surface area (Å²) in [4.78, 5) is 25.7. The Hall–Kier alpha value is -2.66. The number of amides is 1. The quantitative estimate of drug-likeness (QED) is 0.543. The van der Waals surface area contributed by atoms with E-state index in [-0.39, 0.29) is 41.4 Å². The average Bonchev–Trinajstić information content (AvgIpc) is 3.24. The maximum atomic E-state index is 13.5. The topological polar surface area (TPSA) is 72.8 Å². The van der Waals surface area contributed by atoms with E-state index in [4.69, 9.17) is 23.2 Å². The Kier molecular flexibility index (Phi) is 6.71. The Morgan fingerprint density at radius 2 is 1.67 bits per heavy atom. The largest absolute Gasteiger partial charge is 0.451 e. The number of carbonyl (C=O) groups excluding carboxylic acids is 1. The number of anilines is 1. The molecule has 0 saturated carbocycles. The fourth-order valence-electron chi connectivity index (χ4n) is 4.81. The van der Waals surface area contributed by atoms with Gasteiger partial charge in [-0.05, 0) is 36.4 Å². The number of nitrogens with zero attached hydrogens (tertiary/aromatic N) is 5. The molecule has 7 nitrogen and oxygen atoms in total. The molecule has 1 N–H and O–H groups in total. The highest BCUT2D eigenvalue weighted by Crippen LogP contribution is 2.36. The van der Waals surface area contributed by atoms with Crippen molar-refractivity contribution in [1.82, 2.24) is 19.8 Å². The number of piperazine rings is 1. The molecule has 1 amide bonds. The second-order valence-corrected chi connectivity index (χ2v) is 9.72. The molecule has 36 heavy (non-hydrogen) atoms. The first kappa shape index (κ1) is 25.0. The van der Waals surface area contributed by atoms with Gasteiger partial charge in [0, 0.05) is 49.9 Å². The van der Waals surface area contributed by atoms with Gasteiger partial charge in [-0.3, -0.25) is 9.69 Å². The maximum Gasteiger partial charge on any atom is 0.451 e. The zero-order valence-electron chi connectivity index (χ0n) is 18.9. The van der Waals surface area contributed by atoms with Gasteiger partial charge in [-0.15, -0.1) is 0 Å². The third kappa shape index (κ3) is 4.82.